The molecule has 0 radical (unpaired) electrons. The average Bonchev–Trinajstić information content (AvgIpc) is 2.78. The van der Waals surface area contributed by atoms with E-state index in [1.54, 1.807) is 0 Å². The number of rotatable bonds is 2. The van der Waals surface area contributed by atoms with E-state index in [-0.39, 0.29) is 0 Å². The summed E-state index contributed by atoms with van der Waals surface area (Å²) in [6, 6.07) is 0.291. The first-order valence-corrected chi connectivity index (χ1v) is 5.90. The molecule has 0 spiro atoms. The van der Waals surface area contributed by atoms with Gasteiger partial charge in [-0.3, -0.25) is 0 Å². The van der Waals surface area contributed by atoms with Gasteiger partial charge < -0.3 is 10.5 Å². The van der Waals surface area contributed by atoms with Crippen molar-refractivity contribution in [3.05, 3.63) is 11.8 Å². The van der Waals surface area contributed by atoms with Gasteiger partial charge in [-0.2, -0.15) is 0 Å². The largest absolute Gasteiger partial charge is 0.501 e. The van der Waals surface area contributed by atoms with Crippen LogP contribution in [-0.4, -0.2) is 12.6 Å². The van der Waals surface area contributed by atoms with Crippen LogP contribution >= 0.6 is 0 Å². The lowest BCUT2D eigenvalue weighted by atomic mass is 9.81. The molecule has 2 fully saturated rings. The van der Waals surface area contributed by atoms with Crippen molar-refractivity contribution in [2.75, 3.05) is 6.61 Å². The second-order valence-electron chi connectivity index (χ2n) is 5.17. The molecule has 2 heteroatoms. The summed E-state index contributed by atoms with van der Waals surface area (Å²) in [5.41, 5.74) is 7.64. The number of hydrogen-bond donors (Lipinski definition) is 1. The van der Waals surface area contributed by atoms with Gasteiger partial charge in [-0.15, -0.1) is 0 Å². The maximum Gasteiger partial charge on any atom is 0.0912 e. The minimum absolute atomic E-state index is 0.291. The zero-order chi connectivity index (χ0) is 9.54. The molecule has 2 saturated carbocycles. The Bertz CT molecular complexity index is 261. The fourth-order valence-electron chi connectivity index (χ4n) is 3.16. The first-order valence-electron chi connectivity index (χ1n) is 5.90. The highest BCUT2D eigenvalue weighted by Gasteiger charge is 2.43. The monoisotopic (exact) mass is 193 g/mol. The molecule has 0 aromatic heterocycles. The van der Waals surface area contributed by atoms with Crippen LogP contribution in [0.1, 0.15) is 32.1 Å². The fraction of sp³-hybridized carbons (Fsp3) is 0.833. The Labute approximate surface area is 85.5 Å². The number of ether oxygens (including phenoxy) is 1. The van der Waals surface area contributed by atoms with E-state index < -0.39 is 0 Å². The highest BCUT2D eigenvalue weighted by molar-refractivity contribution is 5.13. The molecular weight excluding hydrogens is 174 g/mol. The fourth-order valence-corrected chi connectivity index (χ4v) is 3.16. The van der Waals surface area contributed by atoms with Crippen molar-refractivity contribution in [3.63, 3.8) is 0 Å². The second kappa shape index (κ2) is 3.27. The number of hydrogen-bond acceptors (Lipinski definition) is 2. The van der Waals surface area contributed by atoms with Crippen LogP contribution in [0.2, 0.25) is 0 Å². The van der Waals surface area contributed by atoms with Crippen LogP contribution in [0.5, 0.6) is 0 Å². The van der Waals surface area contributed by atoms with E-state index in [9.17, 15) is 0 Å². The zero-order valence-corrected chi connectivity index (χ0v) is 8.61. The molecule has 4 unspecified atom stereocenters. The Balaban J connectivity index is 1.63. The summed E-state index contributed by atoms with van der Waals surface area (Å²) in [6.07, 6.45) is 8.61. The van der Waals surface area contributed by atoms with Gasteiger partial charge >= 0.3 is 0 Å². The molecule has 1 heterocycles. The van der Waals surface area contributed by atoms with E-state index in [2.05, 4.69) is 0 Å². The molecule has 3 rings (SSSR count). The van der Waals surface area contributed by atoms with E-state index in [0.29, 0.717) is 6.04 Å². The van der Waals surface area contributed by atoms with E-state index in [0.717, 1.165) is 30.8 Å². The van der Waals surface area contributed by atoms with Crippen molar-refractivity contribution < 1.29 is 4.74 Å². The summed E-state index contributed by atoms with van der Waals surface area (Å²) in [5.74, 6) is 2.85. The van der Waals surface area contributed by atoms with Gasteiger partial charge in [-0.1, -0.05) is 0 Å². The van der Waals surface area contributed by atoms with Crippen LogP contribution in [0.25, 0.3) is 0 Å². The highest BCUT2D eigenvalue weighted by atomic mass is 16.5. The smallest absolute Gasteiger partial charge is 0.0912 e. The minimum Gasteiger partial charge on any atom is -0.501 e. The van der Waals surface area contributed by atoms with Gasteiger partial charge in [0.25, 0.3) is 0 Å². The predicted octanol–water partition coefficient (Wildman–Crippen LogP) is 2.05. The molecule has 78 valence electrons. The molecule has 4 atom stereocenters. The van der Waals surface area contributed by atoms with Gasteiger partial charge in [0.2, 0.25) is 0 Å². The molecular formula is C12H19NO. The van der Waals surface area contributed by atoms with Crippen LogP contribution in [0, 0.1) is 17.8 Å². The van der Waals surface area contributed by atoms with Gasteiger partial charge in [0.05, 0.1) is 12.9 Å². The Morgan fingerprint density at radius 3 is 2.93 bits per heavy atom. The second-order valence-corrected chi connectivity index (χ2v) is 5.17. The summed E-state index contributed by atoms with van der Waals surface area (Å²) < 4.78 is 5.26. The Morgan fingerprint density at radius 2 is 2.21 bits per heavy atom. The van der Waals surface area contributed by atoms with Crippen molar-refractivity contribution in [2.45, 2.75) is 38.1 Å². The van der Waals surface area contributed by atoms with Crippen LogP contribution < -0.4 is 5.73 Å². The van der Waals surface area contributed by atoms with E-state index in [4.69, 9.17) is 10.5 Å². The number of fused-ring (bicyclic) bond motifs is 1. The van der Waals surface area contributed by atoms with Gasteiger partial charge in [-0.25, -0.2) is 0 Å². The number of nitrogens with two attached hydrogens (primary N) is 1. The maximum absolute atomic E-state index is 6.29. The Morgan fingerprint density at radius 1 is 1.29 bits per heavy atom. The van der Waals surface area contributed by atoms with Gasteiger partial charge in [0, 0.05) is 12.5 Å². The lowest BCUT2D eigenvalue weighted by Crippen LogP contribution is -2.33. The third kappa shape index (κ3) is 1.46. The summed E-state index contributed by atoms with van der Waals surface area (Å²) in [7, 11) is 0. The van der Waals surface area contributed by atoms with Gasteiger partial charge in [-0.05, 0) is 49.0 Å². The van der Waals surface area contributed by atoms with Crippen molar-refractivity contribution in [1.29, 1.82) is 0 Å². The average molecular weight is 193 g/mol. The summed E-state index contributed by atoms with van der Waals surface area (Å²) in [5, 5.41) is 0. The van der Waals surface area contributed by atoms with Crippen LogP contribution in [0.4, 0.5) is 0 Å². The van der Waals surface area contributed by atoms with E-state index >= 15 is 0 Å². The molecule has 0 bridgehead atoms. The van der Waals surface area contributed by atoms with E-state index in [1.165, 1.54) is 31.3 Å². The standard InChI is InChI=1S/C12H19NO/c13-12(10-3-4-14-7-10)9-2-1-8-5-11(8)6-9/h7-9,11-12H,1-6,13H2. The Hall–Kier alpha value is -0.500. The molecule has 3 aliphatic rings. The molecule has 14 heavy (non-hydrogen) atoms. The predicted molar refractivity (Wildman–Crippen MR) is 55.6 cm³/mol. The summed E-state index contributed by atoms with van der Waals surface area (Å²) >= 11 is 0. The van der Waals surface area contributed by atoms with Gasteiger partial charge in [0.1, 0.15) is 0 Å². The van der Waals surface area contributed by atoms with E-state index in [1.807, 2.05) is 6.26 Å². The molecule has 0 amide bonds. The SMILES string of the molecule is NC(C1=COCC1)C1CCC2CC2C1. The third-order valence-corrected chi connectivity index (χ3v) is 4.26. The van der Waals surface area contributed by atoms with Gasteiger partial charge in [0.15, 0.2) is 0 Å². The van der Waals surface area contributed by atoms with Crippen LogP contribution in [0.3, 0.4) is 0 Å². The molecule has 0 aromatic carbocycles. The minimum atomic E-state index is 0.291. The lowest BCUT2D eigenvalue weighted by Gasteiger charge is -2.27. The highest BCUT2D eigenvalue weighted by Crippen LogP contribution is 2.52. The van der Waals surface area contributed by atoms with Crippen molar-refractivity contribution >= 4 is 0 Å². The first kappa shape index (κ1) is 8.78. The molecule has 2 nitrogen and oxygen atoms in total. The first-order chi connectivity index (χ1) is 6.84. The maximum atomic E-state index is 6.29. The van der Waals surface area contributed by atoms with Crippen LogP contribution in [0.15, 0.2) is 11.8 Å². The normalized spacial score (nSPS) is 42.4. The molecule has 2 aliphatic carbocycles. The molecule has 1 aliphatic heterocycles. The quantitative estimate of drug-likeness (QED) is 0.728. The summed E-state index contributed by atoms with van der Waals surface area (Å²) in [6.45, 7) is 0.849. The zero-order valence-electron chi connectivity index (χ0n) is 8.61. The Kier molecular flexibility index (Phi) is 2.05. The van der Waals surface area contributed by atoms with Crippen molar-refractivity contribution in [2.24, 2.45) is 23.5 Å². The van der Waals surface area contributed by atoms with Crippen LogP contribution in [-0.2, 0) is 4.74 Å². The molecule has 0 saturated heterocycles. The van der Waals surface area contributed by atoms with Crippen molar-refractivity contribution in [1.82, 2.24) is 0 Å². The molecule has 0 aromatic rings. The lowest BCUT2D eigenvalue weighted by molar-refractivity contribution is 0.281. The molecule has 2 N–H and O–H groups in total. The summed E-state index contributed by atoms with van der Waals surface area (Å²) in [4.78, 5) is 0. The topological polar surface area (TPSA) is 35.2 Å². The van der Waals surface area contributed by atoms with Crippen molar-refractivity contribution in [3.8, 4) is 0 Å². The third-order valence-electron chi connectivity index (χ3n) is 4.26.